The van der Waals surface area contributed by atoms with Crippen molar-refractivity contribution in [2.24, 2.45) is 4.99 Å². The van der Waals surface area contributed by atoms with Crippen LogP contribution in [0.15, 0.2) is 29.3 Å². The number of nitrogens with one attached hydrogen (secondary N) is 3. The van der Waals surface area contributed by atoms with Crippen LogP contribution in [0.1, 0.15) is 19.4 Å². The van der Waals surface area contributed by atoms with Crippen molar-refractivity contribution in [1.82, 2.24) is 15.4 Å². The molecule has 0 aliphatic heterocycles. The Bertz CT molecular complexity index is 635. The van der Waals surface area contributed by atoms with Crippen LogP contribution >= 0.6 is 24.0 Å². The smallest absolute Gasteiger partial charge is 0.209 e. The van der Waals surface area contributed by atoms with Gasteiger partial charge >= 0.3 is 0 Å². The van der Waals surface area contributed by atoms with Crippen molar-refractivity contribution >= 4 is 40.0 Å². The molecule has 0 aliphatic rings. The van der Waals surface area contributed by atoms with Gasteiger partial charge < -0.3 is 10.6 Å². The minimum absolute atomic E-state index is 0. The number of hydrogen-bond acceptors (Lipinski definition) is 3. The maximum Gasteiger partial charge on any atom is 0.209 e. The average Bonchev–Trinajstić information content (AvgIpc) is 2.38. The third kappa shape index (κ3) is 9.06. The Kier molecular flexibility index (Phi) is 9.00. The number of hydrogen-bond donors (Lipinski definition) is 3. The number of aliphatic imine (C=N–C) groups is 1. The monoisotopic (exact) mass is 458 g/mol. The average molecular weight is 458 g/mol. The largest absolute Gasteiger partial charge is 0.355 e. The highest BCUT2D eigenvalue weighted by Gasteiger charge is 2.22. The number of benzene rings is 1. The summed E-state index contributed by atoms with van der Waals surface area (Å²) in [4.78, 5) is 4.03. The Balaban J connectivity index is 0.00000484. The molecule has 1 aromatic carbocycles. The van der Waals surface area contributed by atoms with Gasteiger partial charge in [-0.1, -0.05) is 18.2 Å². The molecule has 0 fully saturated rings. The summed E-state index contributed by atoms with van der Waals surface area (Å²) in [5.41, 5.74) is -0.151. The summed E-state index contributed by atoms with van der Waals surface area (Å²) in [6, 6.07) is 6.47. The molecule has 132 valence electrons. The molecule has 0 aliphatic carbocycles. The van der Waals surface area contributed by atoms with Crippen LogP contribution in [0.25, 0.3) is 0 Å². The molecule has 0 unspecified atom stereocenters. The van der Waals surface area contributed by atoms with E-state index < -0.39 is 15.6 Å². The number of sulfonamides is 1. The summed E-state index contributed by atoms with van der Waals surface area (Å²) in [6.07, 6.45) is 1.11. The Hall–Kier alpha value is -0.940. The zero-order valence-electron chi connectivity index (χ0n) is 13.7. The predicted octanol–water partition coefficient (Wildman–Crippen LogP) is 1.44. The van der Waals surface area contributed by atoms with E-state index >= 15 is 0 Å². The number of halogens is 2. The minimum atomic E-state index is -3.30. The van der Waals surface area contributed by atoms with Crippen molar-refractivity contribution in [2.45, 2.75) is 25.9 Å². The lowest BCUT2D eigenvalue weighted by Gasteiger charge is -2.26. The van der Waals surface area contributed by atoms with E-state index in [9.17, 15) is 12.8 Å². The summed E-state index contributed by atoms with van der Waals surface area (Å²) in [7, 11) is -1.71. The van der Waals surface area contributed by atoms with Crippen LogP contribution in [0.2, 0.25) is 0 Å². The van der Waals surface area contributed by atoms with Crippen molar-refractivity contribution in [1.29, 1.82) is 0 Å². The minimum Gasteiger partial charge on any atom is -0.355 e. The van der Waals surface area contributed by atoms with Crippen LogP contribution in [-0.4, -0.2) is 39.8 Å². The van der Waals surface area contributed by atoms with Crippen LogP contribution in [0.3, 0.4) is 0 Å². The molecule has 0 heterocycles. The topological polar surface area (TPSA) is 82.6 Å². The first-order valence-electron chi connectivity index (χ1n) is 6.80. The number of nitrogens with zero attached hydrogens (tertiary/aromatic N) is 1. The van der Waals surface area contributed by atoms with Gasteiger partial charge in [-0.3, -0.25) is 4.99 Å². The fourth-order valence-electron chi connectivity index (χ4n) is 1.88. The van der Waals surface area contributed by atoms with Crippen molar-refractivity contribution in [3.63, 3.8) is 0 Å². The quantitative estimate of drug-likeness (QED) is 0.342. The Morgan fingerprint density at radius 2 is 1.87 bits per heavy atom. The zero-order valence-corrected chi connectivity index (χ0v) is 16.8. The Morgan fingerprint density at radius 1 is 1.26 bits per heavy atom. The molecule has 3 N–H and O–H groups in total. The molecular formula is C14H24FIN4O2S. The summed E-state index contributed by atoms with van der Waals surface area (Å²) in [6.45, 7) is 4.12. The fraction of sp³-hybridized carbons (Fsp3) is 0.500. The fourth-order valence-corrected chi connectivity index (χ4v) is 2.96. The summed E-state index contributed by atoms with van der Waals surface area (Å²) < 4.78 is 38.6. The van der Waals surface area contributed by atoms with E-state index in [4.69, 9.17) is 0 Å². The van der Waals surface area contributed by atoms with Crippen LogP contribution in [-0.2, 0) is 16.6 Å². The third-order valence-electron chi connectivity index (χ3n) is 2.79. The summed E-state index contributed by atoms with van der Waals surface area (Å²) >= 11 is 0. The predicted molar refractivity (Wildman–Crippen MR) is 102 cm³/mol. The maximum atomic E-state index is 13.5. The highest BCUT2D eigenvalue weighted by atomic mass is 127. The molecule has 0 atom stereocenters. The molecule has 0 spiro atoms. The first kappa shape index (κ1) is 22.1. The van der Waals surface area contributed by atoms with Crippen LogP contribution < -0.4 is 15.4 Å². The second kappa shape index (κ2) is 9.38. The van der Waals surface area contributed by atoms with Gasteiger partial charge in [0.15, 0.2) is 5.96 Å². The third-order valence-corrected chi connectivity index (χ3v) is 3.71. The van der Waals surface area contributed by atoms with E-state index in [2.05, 4.69) is 20.3 Å². The highest BCUT2D eigenvalue weighted by Crippen LogP contribution is 2.05. The van der Waals surface area contributed by atoms with E-state index in [0.29, 0.717) is 18.1 Å². The lowest BCUT2D eigenvalue weighted by Crippen LogP contribution is -2.52. The molecule has 0 amide bonds. The van der Waals surface area contributed by atoms with Crippen LogP contribution in [0, 0.1) is 5.82 Å². The Labute approximate surface area is 154 Å². The molecule has 0 saturated heterocycles. The maximum absolute atomic E-state index is 13.5. The van der Waals surface area contributed by atoms with Gasteiger partial charge in [-0.15, -0.1) is 24.0 Å². The van der Waals surface area contributed by atoms with Gasteiger partial charge in [0.25, 0.3) is 0 Å². The van der Waals surface area contributed by atoms with Crippen LogP contribution in [0.5, 0.6) is 0 Å². The summed E-state index contributed by atoms with van der Waals surface area (Å²) in [5, 5.41) is 6.00. The van der Waals surface area contributed by atoms with Gasteiger partial charge in [-0.25, -0.2) is 17.5 Å². The number of guanidine groups is 1. The van der Waals surface area contributed by atoms with Crippen molar-refractivity contribution in [3.8, 4) is 0 Å². The SMILES string of the molecule is CN=C(NCc1ccccc1F)NCC(C)(C)NS(C)(=O)=O.I. The van der Waals surface area contributed by atoms with Gasteiger partial charge in [0.2, 0.25) is 10.0 Å². The first-order valence-corrected chi connectivity index (χ1v) is 8.69. The zero-order chi connectivity index (χ0) is 16.8. The lowest BCUT2D eigenvalue weighted by atomic mass is 10.1. The second-order valence-electron chi connectivity index (χ2n) is 5.63. The van der Waals surface area contributed by atoms with E-state index in [1.165, 1.54) is 6.07 Å². The molecule has 1 aromatic rings. The first-order chi connectivity index (χ1) is 10.1. The van der Waals surface area contributed by atoms with Crippen molar-refractivity contribution < 1.29 is 12.8 Å². The van der Waals surface area contributed by atoms with E-state index in [0.717, 1.165) is 6.26 Å². The molecular weight excluding hydrogens is 434 g/mol. The normalized spacial score (nSPS) is 12.5. The summed E-state index contributed by atoms with van der Waals surface area (Å²) in [5.74, 6) is 0.177. The van der Waals surface area contributed by atoms with E-state index in [-0.39, 0.29) is 36.3 Å². The van der Waals surface area contributed by atoms with Gasteiger partial charge in [-0.2, -0.15) is 0 Å². The molecule has 23 heavy (non-hydrogen) atoms. The molecule has 1 rings (SSSR count). The Morgan fingerprint density at radius 3 is 2.39 bits per heavy atom. The van der Waals surface area contributed by atoms with Crippen LogP contribution in [0.4, 0.5) is 4.39 Å². The van der Waals surface area contributed by atoms with Gasteiger partial charge in [0, 0.05) is 31.2 Å². The van der Waals surface area contributed by atoms with Crippen molar-refractivity contribution in [3.05, 3.63) is 35.6 Å². The molecule has 0 saturated carbocycles. The van der Waals surface area contributed by atoms with E-state index in [1.54, 1.807) is 39.1 Å². The van der Waals surface area contributed by atoms with Gasteiger partial charge in [0.05, 0.1) is 6.26 Å². The highest BCUT2D eigenvalue weighted by molar-refractivity contribution is 14.0. The molecule has 0 radical (unpaired) electrons. The molecule has 6 nitrogen and oxygen atoms in total. The standard InChI is InChI=1S/C14H23FN4O2S.HI/c1-14(2,19-22(4,20)21)10-18-13(16-3)17-9-11-7-5-6-8-12(11)15;/h5-8,19H,9-10H2,1-4H3,(H2,16,17,18);1H. The second-order valence-corrected chi connectivity index (χ2v) is 7.38. The lowest BCUT2D eigenvalue weighted by molar-refractivity contribution is 0.446. The molecule has 0 aromatic heterocycles. The number of rotatable bonds is 6. The van der Waals surface area contributed by atoms with Gasteiger partial charge in [0.1, 0.15) is 5.82 Å². The molecule has 9 heteroatoms. The molecule has 0 bridgehead atoms. The van der Waals surface area contributed by atoms with Gasteiger partial charge in [-0.05, 0) is 19.9 Å². The van der Waals surface area contributed by atoms with E-state index in [1.807, 2.05) is 0 Å². The van der Waals surface area contributed by atoms with Crippen molar-refractivity contribution in [2.75, 3.05) is 19.8 Å².